The Hall–Kier alpha value is -3.41. The number of aromatic nitrogens is 2. The molecule has 0 fully saturated rings. The van der Waals surface area contributed by atoms with E-state index in [1.807, 2.05) is 48.5 Å². The van der Waals surface area contributed by atoms with E-state index in [1.54, 1.807) is 12.1 Å². The molecular weight excluding hydrogens is 318 g/mol. The molecule has 0 bridgehead atoms. The number of alkyl carbamates (subject to hydrolysis) is 1. The molecule has 1 heterocycles. The van der Waals surface area contributed by atoms with E-state index in [-0.39, 0.29) is 12.2 Å². The van der Waals surface area contributed by atoms with E-state index >= 15 is 0 Å². The van der Waals surface area contributed by atoms with Crippen molar-refractivity contribution in [1.82, 2.24) is 15.3 Å². The maximum atomic E-state index is 11.6. The summed E-state index contributed by atoms with van der Waals surface area (Å²) >= 11 is 0. The van der Waals surface area contributed by atoms with Crippen molar-refractivity contribution in [2.24, 2.45) is 0 Å². The van der Waals surface area contributed by atoms with E-state index in [0.717, 1.165) is 11.1 Å². The van der Waals surface area contributed by atoms with E-state index < -0.39 is 6.09 Å². The third-order valence-corrected chi connectivity index (χ3v) is 3.55. The highest BCUT2D eigenvalue weighted by atomic mass is 16.5. The highest BCUT2D eigenvalue weighted by molar-refractivity contribution is 5.80. The minimum atomic E-state index is -0.472. The third-order valence-electron chi connectivity index (χ3n) is 3.55. The Kier molecular flexibility index (Phi) is 5.21. The van der Waals surface area contributed by atoms with Crippen LogP contribution in [-0.2, 0) is 11.3 Å². The fraction of sp³-hybridized carbons (Fsp3) is 0.105. The van der Waals surface area contributed by atoms with Gasteiger partial charge >= 0.3 is 6.09 Å². The van der Waals surface area contributed by atoms with Crippen LogP contribution in [-0.4, -0.2) is 22.6 Å². The number of fused-ring (bicyclic) bond motifs is 1. The molecule has 6 heteroatoms. The predicted octanol–water partition coefficient (Wildman–Crippen LogP) is 2.86. The maximum absolute atomic E-state index is 11.6. The quantitative estimate of drug-likeness (QED) is 0.751. The van der Waals surface area contributed by atoms with Crippen molar-refractivity contribution in [3.05, 3.63) is 82.4 Å². The molecule has 3 rings (SSSR count). The molecule has 2 aromatic carbocycles. The second-order valence-electron chi connectivity index (χ2n) is 5.35. The standard InChI is InChI=1S/C19H17N3O3/c23-18-16-9-8-14(11-17(16)21-13-22-18)7-4-10-20-19(24)25-12-15-5-2-1-3-6-15/h1-9,11,13H,10,12H2,(H,20,24)(H,21,22,23). The first-order chi connectivity index (χ1) is 12.2. The normalized spacial score (nSPS) is 10.9. The van der Waals surface area contributed by atoms with Crippen LogP contribution in [0.3, 0.4) is 0 Å². The van der Waals surface area contributed by atoms with E-state index in [4.69, 9.17) is 4.74 Å². The topological polar surface area (TPSA) is 84.1 Å². The summed E-state index contributed by atoms with van der Waals surface area (Å²) in [5, 5.41) is 3.19. The zero-order chi connectivity index (χ0) is 17.5. The first-order valence-corrected chi connectivity index (χ1v) is 7.81. The molecule has 126 valence electrons. The number of nitrogens with zero attached hydrogens (tertiary/aromatic N) is 1. The third kappa shape index (κ3) is 4.54. The van der Waals surface area contributed by atoms with Gasteiger partial charge in [0.05, 0.1) is 17.2 Å². The average molecular weight is 335 g/mol. The summed E-state index contributed by atoms with van der Waals surface area (Å²) in [7, 11) is 0. The molecule has 2 N–H and O–H groups in total. The zero-order valence-corrected chi connectivity index (χ0v) is 13.4. The van der Waals surface area contributed by atoms with Crippen molar-refractivity contribution in [2.45, 2.75) is 6.61 Å². The van der Waals surface area contributed by atoms with Crippen LogP contribution in [0.15, 0.2) is 65.7 Å². The van der Waals surface area contributed by atoms with Gasteiger partial charge in [0.25, 0.3) is 5.56 Å². The van der Waals surface area contributed by atoms with Gasteiger partial charge in [-0.15, -0.1) is 0 Å². The first-order valence-electron chi connectivity index (χ1n) is 7.81. The van der Waals surface area contributed by atoms with Crippen LogP contribution in [0.25, 0.3) is 17.0 Å². The first kappa shape index (κ1) is 16.4. The summed E-state index contributed by atoms with van der Waals surface area (Å²) < 4.78 is 5.12. The van der Waals surface area contributed by atoms with Crippen LogP contribution in [0.2, 0.25) is 0 Å². The average Bonchev–Trinajstić information content (AvgIpc) is 2.64. The van der Waals surface area contributed by atoms with Gasteiger partial charge in [-0.1, -0.05) is 48.6 Å². The second-order valence-corrected chi connectivity index (χ2v) is 5.35. The van der Waals surface area contributed by atoms with E-state index in [2.05, 4.69) is 15.3 Å². The Morgan fingerprint density at radius 3 is 2.88 bits per heavy atom. The van der Waals surface area contributed by atoms with Crippen LogP contribution in [0.5, 0.6) is 0 Å². The van der Waals surface area contributed by atoms with E-state index in [9.17, 15) is 9.59 Å². The van der Waals surface area contributed by atoms with Gasteiger partial charge in [-0.05, 0) is 23.3 Å². The largest absolute Gasteiger partial charge is 0.445 e. The lowest BCUT2D eigenvalue weighted by Crippen LogP contribution is -2.24. The number of carbonyl (C=O) groups excluding carboxylic acids is 1. The van der Waals surface area contributed by atoms with Gasteiger partial charge in [0.15, 0.2) is 0 Å². The summed E-state index contributed by atoms with van der Waals surface area (Å²) in [6, 6.07) is 14.8. The second kappa shape index (κ2) is 7.92. The number of carbonyl (C=O) groups is 1. The highest BCUT2D eigenvalue weighted by Crippen LogP contribution is 2.10. The molecule has 0 saturated heterocycles. The van der Waals surface area contributed by atoms with Crippen molar-refractivity contribution in [3.63, 3.8) is 0 Å². The van der Waals surface area contributed by atoms with Crippen molar-refractivity contribution in [2.75, 3.05) is 6.54 Å². The number of rotatable bonds is 5. The van der Waals surface area contributed by atoms with Crippen molar-refractivity contribution >= 4 is 23.1 Å². The van der Waals surface area contributed by atoms with Crippen LogP contribution in [0.4, 0.5) is 4.79 Å². The monoisotopic (exact) mass is 335 g/mol. The summed E-state index contributed by atoms with van der Waals surface area (Å²) in [4.78, 5) is 29.9. The van der Waals surface area contributed by atoms with Crippen molar-refractivity contribution in [1.29, 1.82) is 0 Å². The summed E-state index contributed by atoms with van der Waals surface area (Å²) in [5.41, 5.74) is 2.29. The summed E-state index contributed by atoms with van der Waals surface area (Å²) in [6.45, 7) is 0.579. The molecule has 0 aliphatic carbocycles. The number of aromatic amines is 1. The molecule has 1 amide bonds. The Morgan fingerprint density at radius 2 is 2.04 bits per heavy atom. The lowest BCUT2D eigenvalue weighted by molar-refractivity contribution is 0.141. The lowest BCUT2D eigenvalue weighted by atomic mass is 10.1. The van der Waals surface area contributed by atoms with Gasteiger partial charge in [0, 0.05) is 6.54 Å². The molecule has 1 aromatic heterocycles. The van der Waals surface area contributed by atoms with Crippen molar-refractivity contribution < 1.29 is 9.53 Å². The van der Waals surface area contributed by atoms with Gasteiger partial charge in [0.1, 0.15) is 6.61 Å². The number of amides is 1. The van der Waals surface area contributed by atoms with E-state index in [0.29, 0.717) is 17.4 Å². The number of ether oxygens (including phenoxy) is 1. The Balaban J connectivity index is 1.50. The summed E-state index contributed by atoms with van der Waals surface area (Å²) in [5.74, 6) is 0. The molecule has 6 nitrogen and oxygen atoms in total. The molecular formula is C19H17N3O3. The number of benzene rings is 2. The minimum absolute atomic E-state index is 0.164. The smallest absolute Gasteiger partial charge is 0.407 e. The van der Waals surface area contributed by atoms with Crippen LogP contribution in [0, 0.1) is 0 Å². The fourth-order valence-electron chi connectivity index (χ4n) is 2.30. The SMILES string of the molecule is O=C(NCC=Cc1ccc2c(=O)[nH]cnc2c1)OCc1ccccc1. The molecule has 0 saturated carbocycles. The van der Waals surface area contributed by atoms with Gasteiger partial charge < -0.3 is 15.0 Å². The molecule has 25 heavy (non-hydrogen) atoms. The van der Waals surface area contributed by atoms with Gasteiger partial charge in [0.2, 0.25) is 0 Å². The predicted molar refractivity (Wildman–Crippen MR) is 96.0 cm³/mol. The molecule has 0 radical (unpaired) electrons. The Morgan fingerprint density at radius 1 is 1.20 bits per heavy atom. The lowest BCUT2D eigenvalue weighted by Gasteiger charge is -2.05. The molecule has 0 unspecified atom stereocenters. The maximum Gasteiger partial charge on any atom is 0.407 e. The van der Waals surface area contributed by atoms with Gasteiger partial charge in [-0.25, -0.2) is 9.78 Å². The van der Waals surface area contributed by atoms with Gasteiger partial charge in [-0.2, -0.15) is 0 Å². The number of H-pyrrole nitrogens is 1. The van der Waals surface area contributed by atoms with E-state index in [1.165, 1.54) is 6.33 Å². The Bertz CT molecular complexity index is 949. The molecule has 3 aromatic rings. The summed E-state index contributed by atoms with van der Waals surface area (Å²) in [6.07, 6.45) is 4.56. The molecule has 0 spiro atoms. The van der Waals surface area contributed by atoms with Crippen LogP contribution < -0.4 is 10.9 Å². The molecule has 0 aliphatic heterocycles. The highest BCUT2D eigenvalue weighted by Gasteiger charge is 2.01. The number of nitrogens with one attached hydrogen (secondary N) is 2. The molecule has 0 aliphatic rings. The molecule has 0 atom stereocenters. The zero-order valence-electron chi connectivity index (χ0n) is 13.4. The Labute approximate surface area is 144 Å². The van der Waals surface area contributed by atoms with Crippen LogP contribution >= 0.6 is 0 Å². The fourth-order valence-corrected chi connectivity index (χ4v) is 2.30. The number of hydrogen-bond donors (Lipinski definition) is 2. The number of hydrogen-bond acceptors (Lipinski definition) is 4. The van der Waals surface area contributed by atoms with Gasteiger partial charge in [-0.3, -0.25) is 4.79 Å². The van der Waals surface area contributed by atoms with Crippen LogP contribution in [0.1, 0.15) is 11.1 Å². The minimum Gasteiger partial charge on any atom is -0.445 e. The van der Waals surface area contributed by atoms with Crippen molar-refractivity contribution in [3.8, 4) is 0 Å².